The highest BCUT2D eigenvalue weighted by atomic mass is 15.0. The predicted molar refractivity (Wildman–Crippen MR) is 73.3 cm³/mol. The summed E-state index contributed by atoms with van der Waals surface area (Å²) in [5.74, 6) is 0. The first-order chi connectivity index (χ1) is 8.07. The average molecular weight is 225 g/mol. The van der Waals surface area contributed by atoms with Crippen molar-refractivity contribution < 1.29 is 0 Å². The largest absolute Gasteiger partial charge is 0.305 e. The summed E-state index contributed by atoms with van der Waals surface area (Å²) in [5.41, 5.74) is 3.18. The van der Waals surface area contributed by atoms with Crippen molar-refractivity contribution in [1.29, 1.82) is 0 Å². The summed E-state index contributed by atoms with van der Waals surface area (Å²) in [6, 6.07) is 13.7. The fourth-order valence-electron chi connectivity index (χ4n) is 3.11. The second-order valence-electron chi connectivity index (χ2n) is 5.78. The lowest BCUT2D eigenvalue weighted by Gasteiger charge is -2.38. The summed E-state index contributed by atoms with van der Waals surface area (Å²) in [6.45, 7) is 6.83. The summed E-state index contributed by atoms with van der Waals surface area (Å²) in [4.78, 5) is 0. The van der Waals surface area contributed by atoms with Crippen LogP contribution in [-0.4, -0.2) is 5.54 Å². The van der Waals surface area contributed by atoms with E-state index in [9.17, 15) is 0 Å². The molecule has 17 heavy (non-hydrogen) atoms. The fourth-order valence-corrected chi connectivity index (χ4v) is 3.11. The van der Waals surface area contributed by atoms with Crippen molar-refractivity contribution in [3.8, 4) is 0 Å². The third-order valence-electron chi connectivity index (χ3n) is 3.77. The second-order valence-corrected chi connectivity index (χ2v) is 5.78. The molecule has 2 aromatic carbocycles. The smallest absolute Gasteiger partial charge is 0.0299 e. The van der Waals surface area contributed by atoms with E-state index in [4.69, 9.17) is 0 Å². The van der Waals surface area contributed by atoms with Crippen LogP contribution in [-0.2, 0) is 6.42 Å². The highest BCUT2D eigenvalue weighted by Crippen LogP contribution is 2.34. The molecule has 1 atom stereocenters. The van der Waals surface area contributed by atoms with E-state index >= 15 is 0 Å². The van der Waals surface area contributed by atoms with Crippen LogP contribution in [0.2, 0.25) is 0 Å². The monoisotopic (exact) mass is 225 g/mol. The molecule has 0 bridgehead atoms. The minimum absolute atomic E-state index is 0.191. The summed E-state index contributed by atoms with van der Waals surface area (Å²) >= 11 is 0. The lowest BCUT2D eigenvalue weighted by molar-refractivity contribution is 0.323. The molecule has 1 nitrogen and oxygen atoms in total. The van der Waals surface area contributed by atoms with Gasteiger partial charge in [0, 0.05) is 11.6 Å². The van der Waals surface area contributed by atoms with E-state index in [0.29, 0.717) is 6.04 Å². The van der Waals surface area contributed by atoms with Crippen LogP contribution in [0.1, 0.15) is 37.9 Å². The van der Waals surface area contributed by atoms with Crippen molar-refractivity contribution in [1.82, 2.24) is 5.32 Å². The van der Waals surface area contributed by atoms with Crippen LogP contribution in [0.3, 0.4) is 0 Å². The summed E-state index contributed by atoms with van der Waals surface area (Å²) < 4.78 is 0. The van der Waals surface area contributed by atoms with Crippen LogP contribution in [0.15, 0.2) is 36.4 Å². The van der Waals surface area contributed by atoms with Crippen molar-refractivity contribution in [3.05, 3.63) is 47.5 Å². The Hall–Kier alpha value is -1.34. The van der Waals surface area contributed by atoms with Crippen LogP contribution >= 0.6 is 0 Å². The summed E-state index contributed by atoms with van der Waals surface area (Å²) in [6.07, 6.45) is 1.11. The molecule has 1 heteroatoms. The van der Waals surface area contributed by atoms with E-state index in [2.05, 4.69) is 62.5 Å². The number of nitrogens with one attached hydrogen (secondary N) is 1. The molecule has 0 saturated heterocycles. The van der Waals surface area contributed by atoms with Crippen molar-refractivity contribution in [2.75, 3.05) is 0 Å². The topological polar surface area (TPSA) is 12.0 Å². The van der Waals surface area contributed by atoms with Gasteiger partial charge in [0.05, 0.1) is 0 Å². The molecule has 0 amide bonds. The molecule has 88 valence electrons. The first-order valence-corrected chi connectivity index (χ1v) is 6.35. The molecule has 1 heterocycles. The van der Waals surface area contributed by atoms with Crippen LogP contribution in [0.5, 0.6) is 0 Å². The maximum Gasteiger partial charge on any atom is 0.0299 e. The molecule has 0 aromatic heterocycles. The third kappa shape index (κ3) is 1.75. The van der Waals surface area contributed by atoms with Gasteiger partial charge in [0.1, 0.15) is 0 Å². The Kier molecular flexibility index (Phi) is 2.27. The Morgan fingerprint density at radius 1 is 1.12 bits per heavy atom. The van der Waals surface area contributed by atoms with Gasteiger partial charge in [0.2, 0.25) is 0 Å². The molecule has 0 spiro atoms. The van der Waals surface area contributed by atoms with E-state index in [1.165, 1.54) is 21.9 Å². The average Bonchev–Trinajstić information content (AvgIpc) is 2.27. The Balaban J connectivity index is 2.28. The van der Waals surface area contributed by atoms with E-state index in [1.54, 1.807) is 0 Å². The van der Waals surface area contributed by atoms with Crippen molar-refractivity contribution in [2.45, 2.75) is 38.8 Å². The summed E-state index contributed by atoms with van der Waals surface area (Å²) in [5, 5.41) is 6.46. The normalized spacial score (nSPS) is 22.4. The number of fused-ring (bicyclic) bond motifs is 3. The molecule has 2 aromatic rings. The van der Waals surface area contributed by atoms with Crippen molar-refractivity contribution >= 4 is 10.8 Å². The van der Waals surface area contributed by atoms with Crippen LogP contribution in [0, 0.1) is 0 Å². The Labute approximate surface area is 103 Å². The van der Waals surface area contributed by atoms with Crippen LogP contribution in [0.25, 0.3) is 10.8 Å². The van der Waals surface area contributed by atoms with Gasteiger partial charge in [-0.05, 0) is 49.1 Å². The van der Waals surface area contributed by atoms with Gasteiger partial charge in [-0.25, -0.2) is 0 Å². The Morgan fingerprint density at radius 2 is 1.88 bits per heavy atom. The molecule has 1 aliphatic rings. The minimum atomic E-state index is 0.191. The van der Waals surface area contributed by atoms with Gasteiger partial charge in [-0.3, -0.25) is 0 Å². The number of hydrogen-bond donors (Lipinski definition) is 1. The highest BCUT2D eigenvalue weighted by molar-refractivity contribution is 5.87. The van der Waals surface area contributed by atoms with Crippen LogP contribution in [0.4, 0.5) is 0 Å². The third-order valence-corrected chi connectivity index (χ3v) is 3.77. The molecule has 3 rings (SSSR count). The first kappa shape index (κ1) is 10.8. The SMILES string of the molecule is C[C@H]1NC(C)(C)Cc2c1ccc1ccccc21. The zero-order valence-electron chi connectivity index (χ0n) is 10.7. The van der Waals surface area contributed by atoms with Gasteiger partial charge in [-0.1, -0.05) is 36.4 Å². The molecule has 0 saturated carbocycles. The molecule has 0 unspecified atom stereocenters. The van der Waals surface area contributed by atoms with E-state index in [-0.39, 0.29) is 5.54 Å². The maximum atomic E-state index is 3.68. The van der Waals surface area contributed by atoms with Gasteiger partial charge in [0.15, 0.2) is 0 Å². The molecule has 1 aliphatic heterocycles. The molecule has 0 aliphatic carbocycles. The van der Waals surface area contributed by atoms with Gasteiger partial charge in [-0.15, -0.1) is 0 Å². The summed E-state index contributed by atoms with van der Waals surface area (Å²) in [7, 11) is 0. The first-order valence-electron chi connectivity index (χ1n) is 6.35. The van der Waals surface area contributed by atoms with Gasteiger partial charge in [0.25, 0.3) is 0 Å². The van der Waals surface area contributed by atoms with Crippen molar-refractivity contribution in [2.24, 2.45) is 0 Å². The quantitative estimate of drug-likeness (QED) is 0.718. The molecular formula is C16H19N. The molecule has 0 fully saturated rings. The lowest BCUT2D eigenvalue weighted by atomic mass is 9.82. The number of benzene rings is 2. The molecule has 0 radical (unpaired) electrons. The predicted octanol–water partition coefficient (Wildman–Crippen LogP) is 3.83. The van der Waals surface area contributed by atoms with E-state index in [0.717, 1.165) is 6.42 Å². The zero-order chi connectivity index (χ0) is 12.0. The van der Waals surface area contributed by atoms with Gasteiger partial charge < -0.3 is 5.32 Å². The maximum absolute atomic E-state index is 3.68. The standard InChI is InChI=1S/C16H19N/c1-11-13-9-8-12-6-4-5-7-14(12)15(13)10-16(2,3)17-11/h4-9,11,17H,10H2,1-3H3/t11-/m1/s1. The highest BCUT2D eigenvalue weighted by Gasteiger charge is 2.29. The number of rotatable bonds is 0. The minimum Gasteiger partial charge on any atom is -0.305 e. The van der Waals surface area contributed by atoms with E-state index in [1.807, 2.05) is 0 Å². The fraction of sp³-hybridized carbons (Fsp3) is 0.375. The molecular weight excluding hydrogens is 206 g/mol. The van der Waals surface area contributed by atoms with Crippen molar-refractivity contribution in [3.63, 3.8) is 0 Å². The van der Waals surface area contributed by atoms with Gasteiger partial charge in [-0.2, -0.15) is 0 Å². The zero-order valence-corrected chi connectivity index (χ0v) is 10.7. The van der Waals surface area contributed by atoms with Crippen LogP contribution < -0.4 is 5.32 Å². The Morgan fingerprint density at radius 3 is 2.71 bits per heavy atom. The number of hydrogen-bond acceptors (Lipinski definition) is 1. The lowest BCUT2D eigenvalue weighted by Crippen LogP contribution is -2.46. The van der Waals surface area contributed by atoms with E-state index < -0.39 is 0 Å². The second kappa shape index (κ2) is 3.58. The molecule has 1 N–H and O–H groups in total. The Bertz CT molecular complexity index is 569. The van der Waals surface area contributed by atoms with Gasteiger partial charge >= 0.3 is 0 Å².